The van der Waals surface area contributed by atoms with Crippen molar-refractivity contribution in [1.82, 2.24) is 4.90 Å². The van der Waals surface area contributed by atoms with Crippen LogP contribution in [-0.4, -0.2) is 29.9 Å². The van der Waals surface area contributed by atoms with Gasteiger partial charge in [-0.15, -0.1) is 0 Å². The molecule has 1 heterocycles. The fourth-order valence-corrected chi connectivity index (χ4v) is 2.86. The molecule has 2 N–H and O–H groups in total. The van der Waals surface area contributed by atoms with E-state index >= 15 is 0 Å². The number of carbonyl (C=O) groups is 2. The van der Waals surface area contributed by atoms with E-state index in [1.807, 2.05) is 0 Å². The Kier molecular flexibility index (Phi) is 5.01. The first-order valence-corrected chi connectivity index (χ1v) is 8.23. The van der Waals surface area contributed by atoms with E-state index in [0.717, 1.165) is 25.9 Å². The smallest absolute Gasteiger partial charge is 0.321 e. The number of anilines is 2. The van der Waals surface area contributed by atoms with Crippen LogP contribution in [0.5, 0.6) is 0 Å². The molecular weight excluding hydrogens is 326 g/mol. The predicted octanol–water partition coefficient (Wildman–Crippen LogP) is 4.22. The lowest BCUT2D eigenvalue weighted by molar-refractivity contribution is 0.102. The molecule has 3 rings (SSSR count). The maximum Gasteiger partial charge on any atom is 0.321 e. The average Bonchev–Trinajstić information content (AvgIpc) is 3.10. The first kappa shape index (κ1) is 16.3. The van der Waals surface area contributed by atoms with Crippen molar-refractivity contribution >= 4 is 34.9 Å². The van der Waals surface area contributed by atoms with Gasteiger partial charge in [0.25, 0.3) is 5.91 Å². The van der Waals surface area contributed by atoms with Gasteiger partial charge in [0.2, 0.25) is 0 Å². The molecule has 0 unspecified atom stereocenters. The van der Waals surface area contributed by atoms with Gasteiger partial charge in [-0.3, -0.25) is 4.79 Å². The molecule has 0 atom stereocenters. The molecule has 0 bridgehead atoms. The number of benzene rings is 2. The molecule has 1 aliphatic heterocycles. The number of hydrogen-bond donors (Lipinski definition) is 2. The Morgan fingerprint density at radius 3 is 2.29 bits per heavy atom. The molecule has 3 amide bonds. The van der Waals surface area contributed by atoms with Gasteiger partial charge in [0.1, 0.15) is 0 Å². The number of nitrogens with one attached hydrogen (secondary N) is 2. The fourth-order valence-electron chi connectivity index (χ4n) is 2.64. The number of urea groups is 1. The van der Waals surface area contributed by atoms with Crippen LogP contribution in [0.1, 0.15) is 23.2 Å². The van der Waals surface area contributed by atoms with Crippen LogP contribution in [0.25, 0.3) is 0 Å². The zero-order valence-electron chi connectivity index (χ0n) is 13.1. The van der Waals surface area contributed by atoms with Gasteiger partial charge in [0.15, 0.2) is 0 Å². The normalized spacial score (nSPS) is 13.6. The molecular formula is C18H18ClN3O2. The lowest BCUT2D eigenvalue weighted by Crippen LogP contribution is -2.32. The topological polar surface area (TPSA) is 61.4 Å². The number of carbonyl (C=O) groups excluding carboxylic acids is 2. The van der Waals surface area contributed by atoms with E-state index in [2.05, 4.69) is 10.6 Å². The molecule has 1 aliphatic rings. The molecule has 124 valence electrons. The van der Waals surface area contributed by atoms with Crippen LogP contribution >= 0.6 is 11.6 Å². The Morgan fingerprint density at radius 2 is 1.58 bits per heavy atom. The fraction of sp³-hybridized carbons (Fsp3) is 0.222. The maximum absolute atomic E-state index is 12.3. The quantitative estimate of drug-likeness (QED) is 0.876. The third-order valence-electron chi connectivity index (χ3n) is 3.88. The number of likely N-dealkylation sites (tertiary alicyclic amines) is 1. The summed E-state index contributed by atoms with van der Waals surface area (Å²) >= 11 is 6.03. The van der Waals surface area contributed by atoms with Gasteiger partial charge in [0.05, 0.1) is 10.6 Å². The van der Waals surface area contributed by atoms with Gasteiger partial charge < -0.3 is 15.5 Å². The molecule has 2 aromatic rings. The van der Waals surface area contributed by atoms with Crippen molar-refractivity contribution in [1.29, 1.82) is 0 Å². The molecule has 0 aromatic heterocycles. The summed E-state index contributed by atoms with van der Waals surface area (Å²) < 4.78 is 0. The van der Waals surface area contributed by atoms with Crippen molar-refractivity contribution in [2.45, 2.75) is 12.8 Å². The van der Waals surface area contributed by atoms with Gasteiger partial charge in [0, 0.05) is 24.5 Å². The molecule has 1 fully saturated rings. The molecule has 0 aliphatic carbocycles. The largest absolute Gasteiger partial charge is 0.325 e. The highest BCUT2D eigenvalue weighted by molar-refractivity contribution is 6.34. The van der Waals surface area contributed by atoms with Crippen LogP contribution in [0.2, 0.25) is 5.02 Å². The first-order valence-electron chi connectivity index (χ1n) is 7.85. The van der Waals surface area contributed by atoms with E-state index in [9.17, 15) is 9.59 Å². The lowest BCUT2D eigenvalue weighted by atomic mass is 10.2. The van der Waals surface area contributed by atoms with Crippen LogP contribution < -0.4 is 10.6 Å². The van der Waals surface area contributed by atoms with E-state index in [4.69, 9.17) is 11.6 Å². The summed E-state index contributed by atoms with van der Waals surface area (Å²) in [4.78, 5) is 26.2. The van der Waals surface area contributed by atoms with Crippen molar-refractivity contribution in [2.75, 3.05) is 23.7 Å². The summed E-state index contributed by atoms with van der Waals surface area (Å²) in [5.74, 6) is -0.288. The second kappa shape index (κ2) is 7.36. The minimum Gasteiger partial charge on any atom is -0.325 e. The van der Waals surface area contributed by atoms with Crippen LogP contribution in [-0.2, 0) is 0 Å². The van der Waals surface area contributed by atoms with Gasteiger partial charge in [-0.25, -0.2) is 4.79 Å². The minimum atomic E-state index is -0.288. The van der Waals surface area contributed by atoms with E-state index in [-0.39, 0.29) is 11.9 Å². The van der Waals surface area contributed by atoms with Crippen molar-refractivity contribution in [3.05, 3.63) is 59.1 Å². The molecule has 0 radical (unpaired) electrons. The molecule has 6 heteroatoms. The Hall–Kier alpha value is -2.53. The highest BCUT2D eigenvalue weighted by Gasteiger charge is 2.18. The molecule has 2 aromatic carbocycles. The van der Waals surface area contributed by atoms with Crippen LogP contribution in [0.4, 0.5) is 16.2 Å². The molecule has 0 spiro atoms. The average molecular weight is 344 g/mol. The molecule has 1 saturated heterocycles. The summed E-state index contributed by atoms with van der Waals surface area (Å²) in [6.45, 7) is 1.57. The van der Waals surface area contributed by atoms with E-state index in [1.54, 1.807) is 53.4 Å². The van der Waals surface area contributed by atoms with Gasteiger partial charge in [-0.2, -0.15) is 0 Å². The Labute approximate surface area is 145 Å². The zero-order valence-corrected chi connectivity index (χ0v) is 13.8. The Bertz CT molecular complexity index is 757. The highest BCUT2D eigenvalue weighted by atomic mass is 35.5. The van der Waals surface area contributed by atoms with Crippen molar-refractivity contribution < 1.29 is 9.59 Å². The predicted molar refractivity (Wildman–Crippen MR) is 95.7 cm³/mol. The van der Waals surface area contributed by atoms with E-state index in [0.29, 0.717) is 22.0 Å². The van der Waals surface area contributed by atoms with Crippen molar-refractivity contribution in [2.24, 2.45) is 0 Å². The third-order valence-corrected chi connectivity index (χ3v) is 4.21. The van der Waals surface area contributed by atoms with Gasteiger partial charge >= 0.3 is 6.03 Å². The highest BCUT2D eigenvalue weighted by Crippen LogP contribution is 2.20. The van der Waals surface area contributed by atoms with Gasteiger partial charge in [-0.1, -0.05) is 29.8 Å². The van der Waals surface area contributed by atoms with E-state index < -0.39 is 0 Å². The van der Waals surface area contributed by atoms with Crippen molar-refractivity contribution in [3.63, 3.8) is 0 Å². The number of halogens is 1. The second-order valence-corrected chi connectivity index (χ2v) is 6.05. The first-order chi connectivity index (χ1) is 11.6. The Balaban J connectivity index is 1.68. The maximum atomic E-state index is 12.3. The lowest BCUT2D eigenvalue weighted by Gasteiger charge is -2.16. The Morgan fingerprint density at radius 1 is 0.917 bits per heavy atom. The summed E-state index contributed by atoms with van der Waals surface area (Å²) in [7, 11) is 0. The minimum absolute atomic E-state index is 0.109. The molecule has 24 heavy (non-hydrogen) atoms. The number of rotatable bonds is 3. The summed E-state index contributed by atoms with van der Waals surface area (Å²) in [6.07, 6.45) is 2.09. The van der Waals surface area contributed by atoms with Crippen LogP contribution in [0.3, 0.4) is 0 Å². The van der Waals surface area contributed by atoms with Crippen LogP contribution in [0.15, 0.2) is 48.5 Å². The van der Waals surface area contributed by atoms with Crippen molar-refractivity contribution in [3.8, 4) is 0 Å². The summed E-state index contributed by atoms with van der Waals surface area (Å²) in [6, 6.07) is 13.8. The van der Waals surface area contributed by atoms with E-state index in [1.165, 1.54) is 0 Å². The monoisotopic (exact) mass is 343 g/mol. The number of amides is 3. The second-order valence-electron chi connectivity index (χ2n) is 5.64. The summed E-state index contributed by atoms with van der Waals surface area (Å²) in [5, 5.41) is 6.05. The summed E-state index contributed by atoms with van der Waals surface area (Å²) in [5.41, 5.74) is 1.65. The third kappa shape index (κ3) is 3.86. The standard InChI is InChI=1S/C18H18ClN3O2/c19-16-9-2-1-8-15(16)17(23)20-13-6-5-7-14(12-13)21-18(24)22-10-3-4-11-22/h1-2,5-9,12H,3-4,10-11H2,(H,20,23)(H,21,24). The number of hydrogen-bond acceptors (Lipinski definition) is 2. The molecule has 0 saturated carbocycles. The molecule has 5 nitrogen and oxygen atoms in total. The SMILES string of the molecule is O=C(Nc1cccc(NC(=O)N2CCCC2)c1)c1ccccc1Cl. The zero-order chi connectivity index (χ0) is 16.9. The number of nitrogens with zero attached hydrogens (tertiary/aromatic N) is 1. The van der Waals surface area contributed by atoms with Crippen LogP contribution in [0, 0.1) is 0 Å². The van der Waals surface area contributed by atoms with Gasteiger partial charge in [-0.05, 0) is 43.2 Å².